The SMILES string of the molecule is CC(N)C(=O)c1ccc(C(F)(F)F)s1. The minimum absolute atomic E-state index is 0.0484. The van der Waals surface area contributed by atoms with Gasteiger partial charge in [-0.05, 0) is 19.1 Å². The maximum Gasteiger partial charge on any atom is 0.425 e. The van der Waals surface area contributed by atoms with E-state index in [4.69, 9.17) is 5.73 Å². The van der Waals surface area contributed by atoms with Crippen molar-refractivity contribution >= 4 is 17.1 Å². The molecule has 0 bridgehead atoms. The Balaban J connectivity index is 2.95. The molecule has 1 unspecified atom stereocenters. The van der Waals surface area contributed by atoms with Gasteiger partial charge in [0.15, 0.2) is 5.78 Å². The second kappa shape index (κ2) is 3.70. The Morgan fingerprint density at radius 1 is 1.50 bits per heavy atom. The van der Waals surface area contributed by atoms with Crippen LogP contribution < -0.4 is 5.73 Å². The van der Waals surface area contributed by atoms with E-state index >= 15 is 0 Å². The largest absolute Gasteiger partial charge is 0.425 e. The molecule has 1 atom stereocenters. The summed E-state index contributed by atoms with van der Waals surface area (Å²) in [5, 5.41) is 0. The van der Waals surface area contributed by atoms with E-state index in [0.717, 1.165) is 12.1 Å². The first kappa shape index (κ1) is 11.2. The van der Waals surface area contributed by atoms with Crippen molar-refractivity contribution in [2.75, 3.05) is 0 Å². The highest BCUT2D eigenvalue weighted by Gasteiger charge is 2.33. The number of carbonyl (C=O) groups excluding carboxylic acids is 1. The van der Waals surface area contributed by atoms with Gasteiger partial charge in [-0.1, -0.05) is 0 Å². The van der Waals surface area contributed by atoms with Gasteiger partial charge in [0.1, 0.15) is 4.88 Å². The number of carbonyl (C=O) groups is 1. The smallest absolute Gasteiger partial charge is 0.321 e. The third-order valence-electron chi connectivity index (χ3n) is 1.54. The summed E-state index contributed by atoms with van der Waals surface area (Å²) < 4.78 is 36.4. The fourth-order valence-electron chi connectivity index (χ4n) is 0.847. The zero-order valence-corrected chi connectivity index (χ0v) is 8.08. The van der Waals surface area contributed by atoms with Gasteiger partial charge in [0, 0.05) is 0 Å². The highest BCUT2D eigenvalue weighted by Crippen LogP contribution is 2.34. The zero-order chi connectivity index (χ0) is 10.9. The maximum atomic E-state index is 12.1. The van der Waals surface area contributed by atoms with E-state index in [0.29, 0.717) is 11.3 Å². The first-order valence-electron chi connectivity index (χ1n) is 3.79. The predicted octanol–water partition coefficient (Wildman–Crippen LogP) is 2.30. The number of ketones is 1. The number of thiophene rings is 1. The van der Waals surface area contributed by atoms with E-state index in [-0.39, 0.29) is 4.88 Å². The lowest BCUT2D eigenvalue weighted by atomic mass is 10.2. The molecule has 0 aromatic carbocycles. The average molecular weight is 223 g/mol. The van der Waals surface area contributed by atoms with Crippen LogP contribution in [0.3, 0.4) is 0 Å². The summed E-state index contributed by atoms with van der Waals surface area (Å²) in [4.78, 5) is 10.5. The summed E-state index contributed by atoms with van der Waals surface area (Å²) in [7, 11) is 0. The molecule has 78 valence electrons. The van der Waals surface area contributed by atoms with E-state index in [1.54, 1.807) is 0 Å². The monoisotopic (exact) mass is 223 g/mol. The number of hydrogen-bond donors (Lipinski definition) is 1. The lowest BCUT2D eigenvalue weighted by Crippen LogP contribution is -2.25. The second-order valence-electron chi connectivity index (χ2n) is 2.81. The highest BCUT2D eigenvalue weighted by atomic mass is 32.1. The molecular weight excluding hydrogens is 215 g/mol. The first-order chi connectivity index (χ1) is 6.32. The van der Waals surface area contributed by atoms with E-state index in [2.05, 4.69) is 0 Å². The standard InChI is InChI=1S/C8H8F3NOS/c1-4(12)7(13)5-2-3-6(14-5)8(9,10)11/h2-4H,12H2,1H3. The minimum Gasteiger partial charge on any atom is -0.321 e. The van der Waals surface area contributed by atoms with Crippen LogP contribution in [-0.2, 0) is 6.18 Å². The molecule has 0 amide bonds. The Morgan fingerprint density at radius 2 is 2.07 bits per heavy atom. The van der Waals surface area contributed by atoms with Crippen molar-refractivity contribution < 1.29 is 18.0 Å². The Morgan fingerprint density at radius 3 is 2.43 bits per heavy atom. The topological polar surface area (TPSA) is 43.1 Å². The van der Waals surface area contributed by atoms with E-state index in [1.165, 1.54) is 6.92 Å². The van der Waals surface area contributed by atoms with Crippen molar-refractivity contribution in [3.8, 4) is 0 Å². The van der Waals surface area contributed by atoms with Crippen molar-refractivity contribution in [2.24, 2.45) is 5.73 Å². The molecular formula is C8H8F3NOS. The fraction of sp³-hybridized carbons (Fsp3) is 0.375. The molecule has 6 heteroatoms. The Bertz CT molecular complexity index is 343. The third kappa shape index (κ3) is 2.33. The lowest BCUT2D eigenvalue weighted by Gasteiger charge is -2.02. The van der Waals surface area contributed by atoms with Gasteiger partial charge >= 0.3 is 6.18 Å². The molecule has 0 fully saturated rings. The molecule has 1 aromatic heterocycles. The summed E-state index contributed by atoms with van der Waals surface area (Å²) in [5.74, 6) is -0.467. The number of hydrogen-bond acceptors (Lipinski definition) is 3. The number of Topliss-reactive ketones (excluding diaryl/α,β-unsaturated/α-hetero) is 1. The lowest BCUT2D eigenvalue weighted by molar-refractivity contribution is -0.134. The summed E-state index contributed by atoms with van der Waals surface area (Å²) >= 11 is 0.422. The molecule has 2 N–H and O–H groups in total. The fourth-order valence-corrected chi connectivity index (χ4v) is 1.76. The summed E-state index contributed by atoms with van der Waals surface area (Å²) in [6.45, 7) is 1.44. The summed E-state index contributed by atoms with van der Waals surface area (Å²) in [6.07, 6.45) is -4.39. The van der Waals surface area contributed by atoms with Crippen molar-refractivity contribution in [3.05, 3.63) is 21.9 Å². The van der Waals surface area contributed by atoms with Crippen molar-refractivity contribution in [1.29, 1.82) is 0 Å². The molecule has 0 radical (unpaired) electrons. The molecule has 0 aliphatic carbocycles. The first-order valence-corrected chi connectivity index (χ1v) is 4.61. The van der Waals surface area contributed by atoms with Crippen LogP contribution in [0.25, 0.3) is 0 Å². The van der Waals surface area contributed by atoms with Crippen LogP contribution in [0.2, 0.25) is 0 Å². The number of halogens is 3. The maximum absolute atomic E-state index is 12.1. The van der Waals surface area contributed by atoms with Crippen molar-refractivity contribution in [3.63, 3.8) is 0 Å². The predicted molar refractivity (Wildman–Crippen MR) is 47.3 cm³/mol. The van der Waals surface area contributed by atoms with Gasteiger partial charge in [-0.25, -0.2) is 0 Å². The van der Waals surface area contributed by atoms with Crippen LogP contribution in [0.4, 0.5) is 13.2 Å². The van der Waals surface area contributed by atoms with Crippen LogP contribution in [0.15, 0.2) is 12.1 Å². The number of rotatable bonds is 2. The molecule has 0 spiro atoms. The van der Waals surface area contributed by atoms with Gasteiger partial charge in [0.25, 0.3) is 0 Å². The van der Waals surface area contributed by atoms with Gasteiger partial charge in [-0.3, -0.25) is 4.79 Å². The Hall–Kier alpha value is -0.880. The van der Waals surface area contributed by atoms with E-state index in [1.807, 2.05) is 0 Å². The van der Waals surface area contributed by atoms with Crippen molar-refractivity contribution in [2.45, 2.75) is 19.1 Å². The summed E-state index contributed by atoms with van der Waals surface area (Å²) in [6, 6.07) is 1.27. The quantitative estimate of drug-likeness (QED) is 0.782. The van der Waals surface area contributed by atoms with Gasteiger partial charge in [0.2, 0.25) is 0 Å². The normalized spacial score (nSPS) is 14.1. The second-order valence-corrected chi connectivity index (χ2v) is 3.90. The van der Waals surface area contributed by atoms with Crippen LogP contribution in [-0.4, -0.2) is 11.8 Å². The molecule has 2 nitrogen and oxygen atoms in total. The number of nitrogens with two attached hydrogens (primary N) is 1. The van der Waals surface area contributed by atoms with Gasteiger partial charge < -0.3 is 5.73 Å². The van der Waals surface area contributed by atoms with Crippen LogP contribution in [0, 0.1) is 0 Å². The minimum atomic E-state index is -4.39. The van der Waals surface area contributed by atoms with E-state index in [9.17, 15) is 18.0 Å². The highest BCUT2D eigenvalue weighted by molar-refractivity contribution is 7.14. The van der Waals surface area contributed by atoms with Crippen molar-refractivity contribution in [1.82, 2.24) is 0 Å². The molecule has 1 rings (SSSR count). The average Bonchev–Trinajstić information content (AvgIpc) is 2.49. The number of alkyl halides is 3. The van der Waals surface area contributed by atoms with Gasteiger partial charge in [0.05, 0.1) is 10.9 Å². The molecule has 0 saturated heterocycles. The Kier molecular flexibility index (Phi) is 2.96. The van der Waals surface area contributed by atoms with Crippen LogP contribution in [0.1, 0.15) is 21.5 Å². The zero-order valence-electron chi connectivity index (χ0n) is 7.26. The van der Waals surface area contributed by atoms with Gasteiger partial charge in [-0.2, -0.15) is 13.2 Å². The van der Waals surface area contributed by atoms with E-state index < -0.39 is 22.9 Å². The molecule has 1 heterocycles. The Labute approximate surface area is 82.5 Å². The molecule has 0 aliphatic heterocycles. The van der Waals surface area contributed by atoms with Gasteiger partial charge in [-0.15, -0.1) is 11.3 Å². The molecule has 1 aromatic rings. The van der Waals surface area contributed by atoms with Crippen LogP contribution >= 0.6 is 11.3 Å². The summed E-state index contributed by atoms with van der Waals surface area (Å²) in [5.41, 5.74) is 5.26. The van der Waals surface area contributed by atoms with Crippen LogP contribution in [0.5, 0.6) is 0 Å². The molecule has 0 aliphatic rings. The third-order valence-corrected chi connectivity index (χ3v) is 2.69. The molecule has 0 saturated carbocycles. The molecule has 14 heavy (non-hydrogen) atoms.